The standard InChI is InChI=1S/C22H31N5/c1-18-9-11-20(12-10-18)25-22(23)24-13-6-14-27-16-15-26(2)17-21(27)19-7-4-3-5-8-19/h3-5,7-12,21H,6,13-17H2,1-2H3,(H3,23,24,25). The van der Waals surface area contributed by atoms with Crippen molar-refractivity contribution in [3.8, 4) is 0 Å². The first-order valence-electron chi connectivity index (χ1n) is 9.73. The second-order valence-corrected chi connectivity index (χ2v) is 7.34. The molecule has 0 saturated carbocycles. The van der Waals surface area contributed by atoms with Gasteiger partial charge in [-0.3, -0.25) is 9.89 Å². The molecular formula is C22H31N5. The lowest BCUT2D eigenvalue weighted by molar-refractivity contribution is 0.0894. The normalized spacial score (nSPS) is 19.2. The Morgan fingerprint density at radius 1 is 1.11 bits per heavy atom. The summed E-state index contributed by atoms with van der Waals surface area (Å²) in [5, 5.41) is 3.16. The fourth-order valence-electron chi connectivity index (χ4n) is 3.51. The van der Waals surface area contributed by atoms with Crippen molar-refractivity contribution in [3.63, 3.8) is 0 Å². The van der Waals surface area contributed by atoms with Gasteiger partial charge in [0.25, 0.3) is 0 Å². The van der Waals surface area contributed by atoms with Crippen LogP contribution in [0.3, 0.4) is 0 Å². The van der Waals surface area contributed by atoms with Crippen LogP contribution in [0, 0.1) is 6.92 Å². The quantitative estimate of drug-likeness (QED) is 0.469. The van der Waals surface area contributed by atoms with Crippen LogP contribution in [0.4, 0.5) is 5.69 Å². The van der Waals surface area contributed by atoms with E-state index in [4.69, 9.17) is 5.73 Å². The third kappa shape index (κ3) is 5.81. The Morgan fingerprint density at radius 2 is 1.85 bits per heavy atom. The van der Waals surface area contributed by atoms with Crippen molar-refractivity contribution in [2.24, 2.45) is 10.7 Å². The fourth-order valence-corrected chi connectivity index (χ4v) is 3.51. The summed E-state index contributed by atoms with van der Waals surface area (Å²) in [6.45, 7) is 7.13. The number of rotatable bonds is 6. The first-order chi connectivity index (χ1) is 13.1. The third-order valence-electron chi connectivity index (χ3n) is 5.09. The number of nitrogens with two attached hydrogens (primary N) is 1. The molecule has 1 saturated heterocycles. The van der Waals surface area contributed by atoms with Crippen LogP contribution in [0.5, 0.6) is 0 Å². The van der Waals surface area contributed by atoms with E-state index in [0.29, 0.717) is 12.0 Å². The second-order valence-electron chi connectivity index (χ2n) is 7.34. The van der Waals surface area contributed by atoms with Crippen molar-refractivity contribution < 1.29 is 0 Å². The van der Waals surface area contributed by atoms with E-state index in [9.17, 15) is 0 Å². The number of aryl methyl sites for hydroxylation is 1. The van der Waals surface area contributed by atoms with Crippen LogP contribution in [0.1, 0.15) is 23.6 Å². The molecule has 5 nitrogen and oxygen atoms in total. The van der Waals surface area contributed by atoms with E-state index in [1.54, 1.807) is 0 Å². The molecule has 3 N–H and O–H groups in total. The van der Waals surface area contributed by atoms with Gasteiger partial charge < -0.3 is 16.0 Å². The number of nitrogens with zero attached hydrogens (tertiary/aromatic N) is 3. The molecular weight excluding hydrogens is 334 g/mol. The topological polar surface area (TPSA) is 56.9 Å². The zero-order valence-corrected chi connectivity index (χ0v) is 16.4. The highest BCUT2D eigenvalue weighted by atomic mass is 15.3. The van der Waals surface area contributed by atoms with E-state index in [-0.39, 0.29) is 0 Å². The van der Waals surface area contributed by atoms with Crippen molar-refractivity contribution in [1.82, 2.24) is 9.80 Å². The van der Waals surface area contributed by atoms with Crippen molar-refractivity contribution in [2.75, 3.05) is 45.1 Å². The van der Waals surface area contributed by atoms with Gasteiger partial charge in [0, 0.05) is 44.5 Å². The van der Waals surface area contributed by atoms with Crippen LogP contribution in [-0.4, -0.2) is 55.5 Å². The van der Waals surface area contributed by atoms with E-state index < -0.39 is 0 Å². The van der Waals surface area contributed by atoms with Crippen LogP contribution in [0.15, 0.2) is 59.6 Å². The summed E-state index contributed by atoms with van der Waals surface area (Å²) in [6, 6.07) is 19.4. The van der Waals surface area contributed by atoms with Gasteiger partial charge in [-0.05, 0) is 38.1 Å². The molecule has 0 aliphatic carbocycles. The number of nitrogens with one attached hydrogen (secondary N) is 1. The van der Waals surface area contributed by atoms with Gasteiger partial charge in [-0.15, -0.1) is 0 Å². The van der Waals surface area contributed by atoms with Crippen molar-refractivity contribution >= 4 is 11.6 Å². The first kappa shape index (κ1) is 19.4. The smallest absolute Gasteiger partial charge is 0.193 e. The predicted molar refractivity (Wildman–Crippen MR) is 114 cm³/mol. The number of piperazine rings is 1. The van der Waals surface area contributed by atoms with Gasteiger partial charge in [-0.25, -0.2) is 0 Å². The molecule has 0 amide bonds. The van der Waals surface area contributed by atoms with E-state index in [0.717, 1.165) is 44.8 Å². The molecule has 1 aliphatic heterocycles. The van der Waals surface area contributed by atoms with Gasteiger partial charge in [-0.1, -0.05) is 48.0 Å². The summed E-state index contributed by atoms with van der Waals surface area (Å²) in [5.41, 5.74) is 9.62. The molecule has 1 unspecified atom stereocenters. The molecule has 144 valence electrons. The monoisotopic (exact) mass is 365 g/mol. The summed E-state index contributed by atoms with van der Waals surface area (Å²) in [7, 11) is 2.20. The number of anilines is 1. The highest BCUT2D eigenvalue weighted by Gasteiger charge is 2.25. The number of guanidine groups is 1. The minimum absolute atomic E-state index is 0.456. The Morgan fingerprint density at radius 3 is 2.59 bits per heavy atom. The Balaban J connectivity index is 1.50. The predicted octanol–water partition coefficient (Wildman–Crippen LogP) is 3.10. The number of aliphatic imine (C=N–C) groups is 1. The number of hydrogen-bond acceptors (Lipinski definition) is 3. The lowest BCUT2D eigenvalue weighted by Gasteiger charge is -2.40. The van der Waals surface area contributed by atoms with Gasteiger partial charge in [0.15, 0.2) is 5.96 Å². The lowest BCUT2D eigenvalue weighted by Crippen LogP contribution is -2.47. The largest absolute Gasteiger partial charge is 0.370 e. The highest BCUT2D eigenvalue weighted by molar-refractivity contribution is 5.92. The molecule has 1 fully saturated rings. The Hall–Kier alpha value is -2.37. The number of benzene rings is 2. The van der Waals surface area contributed by atoms with Crippen LogP contribution >= 0.6 is 0 Å². The molecule has 2 aromatic rings. The third-order valence-corrected chi connectivity index (χ3v) is 5.09. The van der Waals surface area contributed by atoms with Crippen molar-refractivity contribution in [1.29, 1.82) is 0 Å². The van der Waals surface area contributed by atoms with E-state index >= 15 is 0 Å². The van der Waals surface area contributed by atoms with Gasteiger partial charge in [0.05, 0.1) is 0 Å². The minimum atomic E-state index is 0.456. The summed E-state index contributed by atoms with van der Waals surface area (Å²) in [6.07, 6.45) is 1.00. The van der Waals surface area contributed by atoms with E-state index in [1.807, 2.05) is 12.1 Å². The van der Waals surface area contributed by atoms with Gasteiger partial charge in [-0.2, -0.15) is 0 Å². The van der Waals surface area contributed by atoms with Crippen LogP contribution in [0.25, 0.3) is 0 Å². The molecule has 0 bridgehead atoms. The minimum Gasteiger partial charge on any atom is -0.370 e. The average molecular weight is 366 g/mol. The van der Waals surface area contributed by atoms with E-state index in [1.165, 1.54) is 11.1 Å². The Bertz CT molecular complexity index is 726. The average Bonchev–Trinajstić information content (AvgIpc) is 2.68. The highest BCUT2D eigenvalue weighted by Crippen LogP contribution is 2.24. The Labute approximate surface area is 162 Å². The maximum atomic E-state index is 6.02. The van der Waals surface area contributed by atoms with Crippen LogP contribution < -0.4 is 11.1 Å². The van der Waals surface area contributed by atoms with Crippen LogP contribution in [0.2, 0.25) is 0 Å². The summed E-state index contributed by atoms with van der Waals surface area (Å²) in [5.74, 6) is 0.483. The zero-order valence-electron chi connectivity index (χ0n) is 16.4. The van der Waals surface area contributed by atoms with Gasteiger partial charge in [0.1, 0.15) is 0 Å². The summed E-state index contributed by atoms with van der Waals surface area (Å²) in [4.78, 5) is 9.48. The summed E-state index contributed by atoms with van der Waals surface area (Å²) >= 11 is 0. The molecule has 5 heteroatoms. The molecule has 1 heterocycles. The fraction of sp³-hybridized carbons (Fsp3) is 0.409. The number of likely N-dealkylation sites (N-methyl/N-ethyl adjacent to an activating group) is 1. The maximum absolute atomic E-state index is 6.02. The van der Waals surface area contributed by atoms with Gasteiger partial charge in [0.2, 0.25) is 0 Å². The van der Waals surface area contributed by atoms with Crippen molar-refractivity contribution in [3.05, 3.63) is 65.7 Å². The second kappa shape index (κ2) is 9.53. The molecule has 3 rings (SSSR count). The molecule has 2 aromatic carbocycles. The van der Waals surface area contributed by atoms with Crippen LogP contribution in [-0.2, 0) is 0 Å². The number of hydrogen-bond donors (Lipinski definition) is 2. The lowest BCUT2D eigenvalue weighted by atomic mass is 10.0. The molecule has 0 spiro atoms. The first-order valence-corrected chi connectivity index (χ1v) is 9.73. The SMILES string of the molecule is Cc1ccc(NC(N)=NCCCN2CCN(C)CC2c2ccccc2)cc1. The molecule has 1 aliphatic rings. The molecule has 0 radical (unpaired) electrons. The molecule has 1 atom stereocenters. The maximum Gasteiger partial charge on any atom is 0.193 e. The molecule has 0 aromatic heterocycles. The zero-order chi connectivity index (χ0) is 19.1. The van der Waals surface area contributed by atoms with Crippen molar-refractivity contribution in [2.45, 2.75) is 19.4 Å². The summed E-state index contributed by atoms with van der Waals surface area (Å²) < 4.78 is 0. The Kier molecular flexibility index (Phi) is 6.85. The van der Waals surface area contributed by atoms with Gasteiger partial charge >= 0.3 is 0 Å². The molecule has 27 heavy (non-hydrogen) atoms. The van der Waals surface area contributed by atoms with E-state index in [2.05, 4.69) is 76.5 Å².